The third kappa shape index (κ3) is 3.80. The molecule has 0 bridgehead atoms. The molecule has 1 atom stereocenters. The van der Waals surface area contributed by atoms with Crippen LogP contribution in [0.2, 0.25) is 0 Å². The third-order valence-corrected chi connectivity index (χ3v) is 8.00. The molecule has 2 aromatic carbocycles. The molecule has 5 nitrogen and oxygen atoms in total. The van der Waals surface area contributed by atoms with E-state index in [0.29, 0.717) is 17.8 Å². The summed E-state index contributed by atoms with van der Waals surface area (Å²) in [5, 5.41) is 2.02. The summed E-state index contributed by atoms with van der Waals surface area (Å²) in [6, 6.07) is 19.3. The van der Waals surface area contributed by atoms with Gasteiger partial charge in [-0.25, -0.2) is 8.42 Å². The lowest BCUT2D eigenvalue weighted by atomic mass is 10.1. The zero-order valence-corrected chi connectivity index (χ0v) is 17.7. The number of carbonyl (C=O) groups excluding carboxylic acids is 1. The first-order chi connectivity index (χ1) is 14.0. The Balaban J connectivity index is 1.62. The second-order valence-electron chi connectivity index (χ2n) is 7.01. The highest BCUT2D eigenvalue weighted by atomic mass is 32.2. The van der Waals surface area contributed by atoms with Crippen molar-refractivity contribution in [2.45, 2.75) is 23.8 Å². The number of anilines is 1. The molecule has 4 rings (SSSR count). The molecular formula is C22H22N2O3S2. The summed E-state index contributed by atoms with van der Waals surface area (Å²) >= 11 is 1.65. The number of carbonyl (C=O) groups is 1. The molecule has 150 valence electrons. The molecule has 1 amide bonds. The highest BCUT2D eigenvalue weighted by Crippen LogP contribution is 2.35. The van der Waals surface area contributed by atoms with E-state index in [-0.39, 0.29) is 16.8 Å². The molecule has 0 N–H and O–H groups in total. The van der Waals surface area contributed by atoms with Crippen molar-refractivity contribution < 1.29 is 13.2 Å². The maximum atomic E-state index is 13.2. The van der Waals surface area contributed by atoms with Gasteiger partial charge in [-0.15, -0.1) is 11.3 Å². The summed E-state index contributed by atoms with van der Waals surface area (Å²) in [6.45, 7) is 0.683. The number of likely N-dealkylation sites (tertiary alicyclic amines) is 1. The highest BCUT2D eigenvalue weighted by Gasteiger charge is 2.32. The summed E-state index contributed by atoms with van der Waals surface area (Å²) in [7, 11) is -2.24. The van der Waals surface area contributed by atoms with Gasteiger partial charge < -0.3 is 4.90 Å². The summed E-state index contributed by atoms with van der Waals surface area (Å²) < 4.78 is 27.4. The van der Waals surface area contributed by atoms with Crippen LogP contribution in [0.5, 0.6) is 0 Å². The number of thiophene rings is 1. The molecule has 0 spiro atoms. The fraction of sp³-hybridized carbons (Fsp3) is 0.227. The predicted octanol–water partition coefficient (Wildman–Crippen LogP) is 4.55. The van der Waals surface area contributed by atoms with E-state index in [2.05, 4.69) is 6.07 Å². The third-order valence-electron chi connectivity index (χ3n) is 5.24. The second kappa shape index (κ2) is 8.00. The SMILES string of the molecule is CN(c1ccccc1)S(=O)(=O)c1cccc(C(=O)N2CCC[C@H]2c2cccs2)c1. The summed E-state index contributed by atoms with van der Waals surface area (Å²) in [4.78, 5) is 16.3. The van der Waals surface area contributed by atoms with E-state index in [1.807, 2.05) is 22.4 Å². The molecule has 1 aromatic heterocycles. The second-order valence-corrected chi connectivity index (χ2v) is 9.96. The number of para-hydroxylation sites is 1. The Labute approximate surface area is 175 Å². The van der Waals surface area contributed by atoms with E-state index in [0.717, 1.165) is 12.8 Å². The van der Waals surface area contributed by atoms with Crippen LogP contribution in [0.1, 0.15) is 34.1 Å². The number of sulfonamides is 1. The molecule has 0 radical (unpaired) electrons. The molecule has 0 aliphatic carbocycles. The van der Waals surface area contributed by atoms with Crippen LogP contribution in [0.15, 0.2) is 77.0 Å². The molecule has 0 unspecified atom stereocenters. The van der Waals surface area contributed by atoms with E-state index in [1.54, 1.807) is 47.7 Å². The van der Waals surface area contributed by atoms with Crippen LogP contribution in [-0.4, -0.2) is 32.8 Å². The maximum Gasteiger partial charge on any atom is 0.264 e. The van der Waals surface area contributed by atoms with Gasteiger partial charge in [0.2, 0.25) is 0 Å². The van der Waals surface area contributed by atoms with Gasteiger partial charge in [-0.2, -0.15) is 0 Å². The average Bonchev–Trinajstić information content (AvgIpc) is 3.45. The molecule has 1 fully saturated rings. The van der Waals surface area contributed by atoms with Gasteiger partial charge in [0.25, 0.3) is 15.9 Å². The fourth-order valence-corrected chi connectivity index (χ4v) is 5.79. The van der Waals surface area contributed by atoms with Gasteiger partial charge >= 0.3 is 0 Å². The van der Waals surface area contributed by atoms with Gasteiger partial charge in [-0.1, -0.05) is 30.3 Å². The van der Waals surface area contributed by atoms with Crippen molar-refractivity contribution in [3.8, 4) is 0 Å². The Bertz CT molecular complexity index is 1100. The minimum absolute atomic E-state index is 0.0646. The lowest BCUT2D eigenvalue weighted by Gasteiger charge is -2.24. The first-order valence-electron chi connectivity index (χ1n) is 9.47. The standard InChI is InChI=1S/C22H22N2O3S2/c1-23(18-9-3-2-4-10-18)29(26,27)19-11-5-8-17(16-19)22(25)24-14-6-12-20(24)21-13-7-15-28-21/h2-5,7-11,13,15-16,20H,6,12,14H2,1H3/t20-/m0/s1. The minimum atomic E-state index is -3.76. The van der Waals surface area contributed by atoms with Crippen LogP contribution < -0.4 is 4.31 Å². The predicted molar refractivity (Wildman–Crippen MR) is 116 cm³/mol. The molecule has 1 aliphatic heterocycles. The number of benzene rings is 2. The van der Waals surface area contributed by atoms with E-state index in [9.17, 15) is 13.2 Å². The number of nitrogens with zero attached hydrogens (tertiary/aromatic N) is 2. The Kier molecular flexibility index (Phi) is 5.43. The van der Waals surface area contributed by atoms with Crippen molar-refractivity contribution in [2.24, 2.45) is 0 Å². The van der Waals surface area contributed by atoms with Gasteiger partial charge in [0.1, 0.15) is 0 Å². The molecule has 2 heterocycles. The maximum absolute atomic E-state index is 13.2. The Hall–Kier alpha value is -2.64. The summed E-state index contributed by atoms with van der Waals surface area (Å²) in [6.07, 6.45) is 1.88. The average molecular weight is 427 g/mol. The van der Waals surface area contributed by atoms with Gasteiger partial charge in [0, 0.05) is 24.0 Å². The Morgan fingerprint density at radius 1 is 1.07 bits per heavy atom. The fourth-order valence-electron chi connectivity index (χ4n) is 3.68. The van der Waals surface area contributed by atoms with Crippen LogP contribution in [0.4, 0.5) is 5.69 Å². The largest absolute Gasteiger partial charge is 0.331 e. The lowest BCUT2D eigenvalue weighted by Crippen LogP contribution is -2.31. The van der Waals surface area contributed by atoms with Crippen LogP contribution in [-0.2, 0) is 10.0 Å². The van der Waals surface area contributed by atoms with Crippen molar-refractivity contribution in [2.75, 3.05) is 17.9 Å². The molecule has 7 heteroatoms. The van der Waals surface area contributed by atoms with Crippen LogP contribution in [0.3, 0.4) is 0 Å². The number of rotatable bonds is 5. The van der Waals surface area contributed by atoms with Gasteiger partial charge in [-0.3, -0.25) is 9.10 Å². The van der Waals surface area contributed by atoms with E-state index in [1.165, 1.54) is 28.4 Å². The topological polar surface area (TPSA) is 57.7 Å². The molecule has 3 aromatic rings. The van der Waals surface area contributed by atoms with Crippen LogP contribution >= 0.6 is 11.3 Å². The van der Waals surface area contributed by atoms with Crippen molar-refractivity contribution in [3.05, 3.63) is 82.6 Å². The van der Waals surface area contributed by atoms with Gasteiger partial charge in [0.05, 0.1) is 16.6 Å². The summed E-state index contributed by atoms with van der Waals surface area (Å²) in [5.41, 5.74) is 0.970. The van der Waals surface area contributed by atoms with E-state index >= 15 is 0 Å². The minimum Gasteiger partial charge on any atom is -0.331 e. The zero-order valence-electron chi connectivity index (χ0n) is 16.1. The Morgan fingerprint density at radius 3 is 2.59 bits per heavy atom. The Morgan fingerprint density at radius 2 is 1.86 bits per heavy atom. The first-order valence-corrected chi connectivity index (χ1v) is 11.8. The van der Waals surface area contributed by atoms with Crippen molar-refractivity contribution in [3.63, 3.8) is 0 Å². The molecule has 1 aliphatic rings. The monoisotopic (exact) mass is 426 g/mol. The van der Waals surface area contributed by atoms with Crippen LogP contribution in [0, 0.1) is 0 Å². The van der Waals surface area contributed by atoms with Gasteiger partial charge in [0.15, 0.2) is 0 Å². The number of hydrogen-bond donors (Lipinski definition) is 0. The number of hydrogen-bond acceptors (Lipinski definition) is 4. The molecular weight excluding hydrogens is 404 g/mol. The lowest BCUT2D eigenvalue weighted by molar-refractivity contribution is 0.0737. The summed E-state index contributed by atoms with van der Waals surface area (Å²) in [5.74, 6) is -0.125. The van der Waals surface area contributed by atoms with Crippen molar-refractivity contribution >= 4 is 33.0 Å². The highest BCUT2D eigenvalue weighted by molar-refractivity contribution is 7.92. The first kappa shape index (κ1) is 19.7. The number of amides is 1. The van der Waals surface area contributed by atoms with Crippen molar-refractivity contribution in [1.29, 1.82) is 0 Å². The quantitative estimate of drug-likeness (QED) is 0.601. The zero-order chi connectivity index (χ0) is 20.4. The molecule has 1 saturated heterocycles. The van der Waals surface area contributed by atoms with E-state index < -0.39 is 10.0 Å². The molecule has 0 saturated carbocycles. The normalized spacial score (nSPS) is 16.7. The van der Waals surface area contributed by atoms with Gasteiger partial charge in [-0.05, 0) is 54.6 Å². The van der Waals surface area contributed by atoms with E-state index in [4.69, 9.17) is 0 Å². The van der Waals surface area contributed by atoms with Crippen LogP contribution in [0.25, 0.3) is 0 Å². The molecule has 29 heavy (non-hydrogen) atoms. The van der Waals surface area contributed by atoms with Crippen molar-refractivity contribution in [1.82, 2.24) is 4.90 Å². The smallest absolute Gasteiger partial charge is 0.264 e.